The minimum atomic E-state index is -0.422. The van der Waals surface area contributed by atoms with Crippen molar-refractivity contribution in [3.05, 3.63) is 29.8 Å². The normalized spacial score (nSPS) is 15.3. The van der Waals surface area contributed by atoms with Gasteiger partial charge in [-0.05, 0) is 31.0 Å². The Morgan fingerprint density at radius 2 is 2.00 bits per heavy atom. The van der Waals surface area contributed by atoms with Crippen molar-refractivity contribution in [3.63, 3.8) is 0 Å². The summed E-state index contributed by atoms with van der Waals surface area (Å²) in [4.78, 5) is 0. The van der Waals surface area contributed by atoms with Gasteiger partial charge in [-0.15, -0.1) is 0 Å². The Bertz CT molecular complexity index is 337. The topological polar surface area (TPSA) is 24.1 Å². The summed E-state index contributed by atoms with van der Waals surface area (Å²) in [5.41, 5.74) is 0.229. The van der Waals surface area contributed by atoms with Crippen molar-refractivity contribution in [2.45, 2.75) is 18.9 Å². The van der Waals surface area contributed by atoms with Crippen LogP contribution < -0.4 is 10.6 Å². The van der Waals surface area contributed by atoms with Gasteiger partial charge >= 0.3 is 0 Å². The van der Waals surface area contributed by atoms with Crippen LogP contribution in [-0.2, 0) is 0 Å². The van der Waals surface area contributed by atoms with Crippen molar-refractivity contribution in [3.8, 4) is 0 Å². The van der Waals surface area contributed by atoms with Crippen molar-refractivity contribution >= 4 is 5.69 Å². The quantitative estimate of drug-likeness (QED) is 0.731. The molecule has 0 amide bonds. The number of benzene rings is 1. The Morgan fingerprint density at radius 3 is 2.73 bits per heavy atom. The first kappa shape index (κ1) is 10.4. The minimum Gasteiger partial charge on any atom is -0.381 e. The molecule has 0 aromatic heterocycles. The lowest BCUT2D eigenvalue weighted by atomic mass is 10.3. The fourth-order valence-corrected chi connectivity index (χ4v) is 1.39. The number of anilines is 1. The van der Waals surface area contributed by atoms with Gasteiger partial charge in [-0.2, -0.15) is 0 Å². The van der Waals surface area contributed by atoms with Crippen molar-refractivity contribution in [1.29, 1.82) is 0 Å². The fraction of sp³-hybridized carbons (Fsp3) is 0.455. The minimum absolute atomic E-state index is 0.229. The zero-order valence-electron chi connectivity index (χ0n) is 8.39. The Hall–Kier alpha value is -1.16. The van der Waals surface area contributed by atoms with Gasteiger partial charge in [0.1, 0.15) is 11.6 Å². The van der Waals surface area contributed by atoms with Gasteiger partial charge in [0.05, 0.1) is 5.69 Å². The van der Waals surface area contributed by atoms with E-state index >= 15 is 0 Å². The highest BCUT2D eigenvalue weighted by atomic mass is 19.1. The van der Waals surface area contributed by atoms with Crippen LogP contribution >= 0.6 is 0 Å². The van der Waals surface area contributed by atoms with Crippen molar-refractivity contribution in [2.24, 2.45) is 0 Å². The van der Waals surface area contributed by atoms with Crippen LogP contribution in [0.1, 0.15) is 12.8 Å². The maximum absolute atomic E-state index is 13.1. The lowest BCUT2D eigenvalue weighted by Gasteiger charge is -2.08. The Morgan fingerprint density at radius 1 is 1.20 bits per heavy atom. The second kappa shape index (κ2) is 4.57. The molecule has 1 aliphatic carbocycles. The van der Waals surface area contributed by atoms with E-state index in [4.69, 9.17) is 0 Å². The predicted octanol–water partition coefficient (Wildman–Crippen LogP) is 2.13. The zero-order chi connectivity index (χ0) is 10.7. The lowest BCUT2D eigenvalue weighted by molar-refractivity contribution is 0.601. The van der Waals surface area contributed by atoms with E-state index in [9.17, 15) is 8.78 Å². The van der Waals surface area contributed by atoms with E-state index in [0.717, 1.165) is 18.7 Å². The van der Waals surface area contributed by atoms with Crippen LogP contribution in [-0.4, -0.2) is 19.1 Å². The summed E-state index contributed by atoms with van der Waals surface area (Å²) in [7, 11) is 0. The van der Waals surface area contributed by atoms with Crippen LogP contribution in [0.4, 0.5) is 14.5 Å². The summed E-state index contributed by atoms with van der Waals surface area (Å²) in [5.74, 6) is -0.836. The molecule has 0 spiro atoms. The summed E-state index contributed by atoms with van der Waals surface area (Å²) in [6.45, 7) is 1.39. The van der Waals surface area contributed by atoms with E-state index in [1.54, 1.807) is 0 Å². The largest absolute Gasteiger partial charge is 0.381 e. The van der Waals surface area contributed by atoms with Crippen LogP contribution in [0.15, 0.2) is 18.2 Å². The molecule has 0 bridgehead atoms. The van der Waals surface area contributed by atoms with E-state index in [1.807, 2.05) is 0 Å². The van der Waals surface area contributed by atoms with E-state index < -0.39 is 11.6 Å². The first-order chi connectivity index (χ1) is 7.25. The lowest BCUT2D eigenvalue weighted by Crippen LogP contribution is -2.24. The molecule has 82 valence electrons. The van der Waals surface area contributed by atoms with Gasteiger partial charge in [0, 0.05) is 19.1 Å². The summed E-state index contributed by atoms with van der Waals surface area (Å²) in [6, 6.07) is 4.06. The van der Waals surface area contributed by atoms with Crippen molar-refractivity contribution in [1.82, 2.24) is 5.32 Å². The summed E-state index contributed by atoms with van der Waals surface area (Å²) >= 11 is 0. The molecular formula is C11H14F2N2. The molecule has 1 aliphatic rings. The molecule has 2 rings (SSSR count). The molecule has 2 N–H and O–H groups in total. The first-order valence-electron chi connectivity index (χ1n) is 5.18. The Kier molecular flexibility index (Phi) is 3.16. The standard InChI is InChI=1S/C11H14F2N2/c12-8-1-4-10(13)11(7-8)15-6-5-14-9-2-3-9/h1,4,7,9,14-15H,2-3,5-6H2. The van der Waals surface area contributed by atoms with Crippen LogP contribution in [0.2, 0.25) is 0 Å². The average Bonchev–Trinajstić information content (AvgIpc) is 3.01. The van der Waals surface area contributed by atoms with Gasteiger partial charge in [-0.1, -0.05) is 0 Å². The van der Waals surface area contributed by atoms with Crippen LogP contribution in [0.25, 0.3) is 0 Å². The fourth-order valence-electron chi connectivity index (χ4n) is 1.39. The SMILES string of the molecule is Fc1ccc(F)c(NCCNC2CC2)c1. The molecule has 1 fully saturated rings. The maximum atomic E-state index is 13.1. The first-order valence-corrected chi connectivity index (χ1v) is 5.18. The molecule has 1 aromatic carbocycles. The summed E-state index contributed by atoms with van der Waals surface area (Å²) in [6.07, 6.45) is 2.46. The average molecular weight is 212 g/mol. The van der Waals surface area contributed by atoms with E-state index in [0.29, 0.717) is 12.6 Å². The Balaban J connectivity index is 1.78. The third-order valence-electron chi connectivity index (χ3n) is 2.38. The van der Waals surface area contributed by atoms with Gasteiger partial charge in [0.2, 0.25) is 0 Å². The molecule has 1 saturated carbocycles. The third-order valence-corrected chi connectivity index (χ3v) is 2.38. The highest BCUT2D eigenvalue weighted by Crippen LogP contribution is 2.18. The van der Waals surface area contributed by atoms with Gasteiger partial charge in [0.25, 0.3) is 0 Å². The molecule has 0 aliphatic heterocycles. The molecule has 4 heteroatoms. The summed E-state index contributed by atoms with van der Waals surface area (Å²) in [5, 5.41) is 6.14. The molecule has 2 nitrogen and oxygen atoms in total. The second-order valence-corrected chi connectivity index (χ2v) is 3.78. The van der Waals surface area contributed by atoms with Crippen LogP contribution in [0.3, 0.4) is 0 Å². The van der Waals surface area contributed by atoms with Crippen molar-refractivity contribution < 1.29 is 8.78 Å². The molecule has 0 radical (unpaired) electrons. The second-order valence-electron chi connectivity index (χ2n) is 3.78. The van der Waals surface area contributed by atoms with Gasteiger partial charge in [0.15, 0.2) is 0 Å². The smallest absolute Gasteiger partial charge is 0.146 e. The Labute approximate surface area is 87.7 Å². The number of halogens is 2. The maximum Gasteiger partial charge on any atom is 0.146 e. The molecule has 15 heavy (non-hydrogen) atoms. The number of rotatable bonds is 5. The molecule has 0 unspecified atom stereocenters. The number of hydrogen-bond donors (Lipinski definition) is 2. The molecule has 0 atom stereocenters. The summed E-state index contributed by atoms with van der Waals surface area (Å²) < 4.78 is 25.9. The third kappa shape index (κ3) is 3.16. The monoisotopic (exact) mass is 212 g/mol. The van der Waals surface area contributed by atoms with Gasteiger partial charge in [-0.25, -0.2) is 8.78 Å². The molecule has 0 saturated heterocycles. The number of nitrogens with one attached hydrogen (secondary N) is 2. The van der Waals surface area contributed by atoms with Crippen LogP contribution in [0, 0.1) is 11.6 Å². The molecule has 0 heterocycles. The number of hydrogen-bond acceptors (Lipinski definition) is 2. The highest BCUT2D eigenvalue weighted by molar-refractivity contribution is 5.44. The molecular weight excluding hydrogens is 198 g/mol. The van der Waals surface area contributed by atoms with E-state index in [-0.39, 0.29) is 5.69 Å². The highest BCUT2D eigenvalue weighted by Gasteiger charge is 2.19. The van der Waals surface area contributed by atoms with E-state index in [2.05, 4.69) is 10.6 Å². The molecule has 1 aromatic rings. The van der Waals surface area contributed by atoms with Crippen molar-refractivity contribution in [2.75, 3.05) is 18.4 Å². The van der Waals surface area contributed by atoms with Gasteiger partial charge in [-0.3, -0.25) is 0 Å². The zero-order valence-corrected chi connectivity index (χ0v) is 8.39. The predicted molar refractivity (Wildman–Crippen MR) is 55.9 cm³/mol. The van der Waals surface area contributed by atoms with Crippen LogP contribution in [0.5, 0.6) is 0 Å². The van der Waals surface area contributed by atoms with E-state index in [1.165, 1.54) is 18.9 Å². The van der Waals surface area contributed by atoms with Gasteiger partial charge < -0.3 is 10.6 Å².